The molecule has 10 heteroatoms. The van der Waals surface area contributed by atoms with E-state index in [1.165, 1.54) is 128 Å². The Morgan fingerprint density at radius 2 is 0.887 bits per heavy atom. The average molecular weight is 774 g/mol. The molecule has 0 aliphatic carbocycles. The van der Waals surface area contributed by atoms with Crippen LogP contribution >= 0.6 is 0 Å². The zero-order valence-corrected chi connectivity index (χ0v) is 36.0. The lowest BCUT2D eigenvalue weighted by Crippen LogP contribution is -2.45. The minimum absolute atomic E-state index is 0.150. The SMILES string of the molecule is CCCCCCCC/C=C\CCCCCCCC(=O)OCC(C[N+](C)(C)C)OC(=O)CCCCCCC/C=C\CCCCCCCC.COS(=O)(=O)[O-]. The van der Waals surface area contributed by atoms with Crippen LogP contribution in [0.15, 0.2) is 24.3 Å². The van der Waals surface area contributed by atoms with Crippen molar-refractivity contribution < 1.29 is 40.7 Å². The molecule has 0 rings (SSSR count). The molecule has 0 saturated heterocycles. The molecule has 53 heavy (non-hydrogen) atoms. The van der Waals surface area contributed by atoms with Gasteiger partial charge in [0.25, 0.3) is 0 Å². The van der Waals surface area contributed by atoms with Gasteiger partial charge in [-0.25, -0.2) is 8.42 Å². The maximum atomic E-state index is 12.6. The van der Waals surface area contributed by atoms with Crippen LogP contribution in [0.1, 0.15) is 194 Å². The van der Waals surface area contributed by atoms with Crippen molar-refractivity contribution in [3.63, 3.8) is 0 Å². The Bertz CT molecular complexity index is 991. The molecule has 0 bridgehead atoms. The highest BCUT2D eigenvalue weighted by atomic mass is 32.3. The summed E-state index contributed by atoms with van der Waals surface area (Å²) in [5, 5.41) is 0. The quantitative estimate of drug-likeness (QED) is 0.0154. The number of nitrogens with zero attached hydrogens (tertiary/aromatic N) is 1. The summed E-state index contributed by atoms with van der Waals surface area (Å²) in [5.41, 5.74) is 0. The first-order valence-corrected chi connectivity index (χ1v) is 22.6. The molecule has 0 aliphatic rings. The van der Waals surface area contributed by atoms with Gasteiger partial charge >= 0.3 is 11.9 Å². The molecule has 0 heterocycles. The maximum Gasteiger partial charge on any atom is 0.306 e. The topological polar surface area (TPSA) is 119 Å². The van der Waals surface area contributed by atoms with Crippen LogP contribution < -0.4 is 0 Å². The van der Waals surface area contributed by atoms with E-state index >= 15 is 0 Å². The van der Waals surface area contributed by atoms with Gasteiger partial charge < -0.3 is 18.5 Å². The predicted molar refractivity (Wildman–Crippen MR) is 219 cm³/mol. The summed E-state index contributed by atoms with van der Waals surface area (Å²) >= 11 is 0. The van der Waals surface area contributed by atoms with E-state index in [0.29, 0.717) is 23.9 Å². The van der Waals surface area contributed by atoms with Gasteiger partial charge in [-0.1, -0.05) is 141 Å². The summed E-state index contributed by atoms with van der Waals surface area (Å²) in [6.07, 6.45) is 42.1. The molecule has 0 aromatic carbocycles. The van der Waals surface area contributed by atoms with Crippen LogP contribution in [0, 0.1) is 0 Å². The van der Waals surface area contributed by atoms with E-state index in [4.69, 9.17) is 9.47 Å². The molecule has 0 aliphatic heterocycles. The number of rotatable bonds is 36. The maximum absolute atomic E-state index is 12.6. The molecule has 0 aromatic heterocycles. The minimum atomic E-state index is -4.41. The van der Waals surface area contributed by atoms with Crippen molar-refractivity contribution in [3.8, 4) is 0 Å². The van der Waals surface area contributed by atoms with Crippen molar-refractivity contribution in [1.29, 1.82) is 0 Å². The summed E-state index contributed by atoms with van der Waals surface area (Å²) in [5.74, 6) is -0.350. The number of ether oxygens (including phenoxy) is 2. The van der Waals surface area contributed by atoms with Crippen molar-refractivity contribution in [2.45, 2.75) is 200 Å². The fraction of sp³-hybridized carbons (Fsp3) is 0.860. The van der Waals surface area contributed by atoms with E-state index in [0.717, 1.165) is 45.6 Å². The van der Waals surface area contributed by atoms with Crippen LogP contribution in [0.25, 0.3) is 0 Å². The first kappa shape index (κ1) is 53.4. The number of allylic oxidation sites excluding steroid dienone is 4. The summed E-state index contributed by atoms with van der Waals surface area (Å²) in [6, 6.07) is 0. The Morgan fingerprint density at radius 1 is 0.566 bits per heavy atom. The number of carbonyl (C=O) groups excluding carboxylic acids is 2. The molecule has 1 unspecified atom stereocenters. The van der Waals surface area contributed by atoms with E-state index < -0.39 is 16.5 Å². The molecular formula is C43H83NO8S. The van der Waals surface area contributed by atoms with E-state index in [1.54, 1.807) is 0 Å². The molecule has 0 fully saturated rings. The van der Waals surface area contributed by atoms with Crippen molar-refractivity contribution >= 4 is 22.3 Å². The Balaban J connectivity index is 0. The van der Waals surface area contributed by atoms with Crippen LogP contribution in [-0.4, -0.2) is 76.9 Å². The number of carbonyl (C=O) groups is 2. The molecule has 0 spiro atoms. The zero-order chi connectivity index (χ0) is 39.9. The molecule has 314 valence electrons. The van der Waals surface area contributed by atoms with Crippen LogP contribution in [0.5, 0.6) is 0 Å². The zero-order valence-electron chi connectivity index (χ0n) is 35.2. The summed E-state index contributed by atoms with van der Waals surface area (Å²) < 4.78 is 43.0. The number of esters is 2. The second-order valence-corrected chi connectivity index (χ2v) is 16.7. The third-order valence-electron chi connectivity index (χ3n) is 8.97. The average Bonchev–Trinajstić information content (AvgIpc) is 3.10. The molecular weight excluding hydrogens is 691 g/mol. The Hall–Kier alpha value is -1.75. The highest BCUT2D eigenvalue weighted by molar-refractivity contribution is 7.80. The normalized spacial score (nSPS) is 12.6. The lowest BCUT2D eigenvalue weighted by Gasteiger charge is -2.28. The third kappa shape index (κ3) is 48.2. The summed E-state index contributed by atoms with van der Waals surface area (Å²) in [6.45, 7) is 5.31. The number of hydrogen-bond donors (Lipinski definition) is 0. The molecule has 0 aromatic rings. The Labute approximate surface area is 327 Å². The van der Waals surface area contributed by atoms with E-state index in [1.807, 2.05) is 0 Å². The lowest BCUT2D eigenvalue weighted by atomic mass is 10.1. The van der Waals surface area contributed by atoms with Gasteiger partial charge in [-0.05, 0) is 64.2 Å². The Kier molecular flexibility index (Phi) is 38.8. The fourth-order valence-corrected chi connectivity index (χ4v) is 5.92. The number of unbranched alkanes of at least 4 members (excludes halogenated alkanes) is 22. The van der Waals surface area contributed by atoms with E-state index in [-0.39, 0.29) is 18.5 Å². The lowest BCUT2D eigenvalue weighted by molar-refractivity contribution is -0.873. The molecule has 9 nitrogen and oxygen atoms in total. The molecule has 0 radical (unpaired) electrons. The minimum Gasteiger partial charge on any atom is -0.726 e. The van der Waals surface area contributed by atoms with Gasteiger partial charge in [0.2, 0.25) is 10.4 Å². The number of likely N-dealkylation sites (N-methyl/N-ethyl adjacent to an activating group) is 1. The highest BCUT2D eigenvalue weighted by Gasteiger charge is 2.23. The third-order valence-corrected chi connectivity index (χ3v) is 9.38. The van der Waals surface area contributed by atoms with Crippen molar-refractivity contribution in [1.82, 2.24) is 0 Å². The van der Waals surface area contributed by atoms with Crippen LogP contribution in [0.3, 0.4) is 0 Å². The monoisotopic (exact) mass is 774 g/mol. The van der Waals surface area contributed by atoms with Gasteiger partial charge in [-0.3, -0.25) is 13.8 Å². The number of hydrogen-bond acceptors (Lipinski definition) is 8. The first-order valence-electron chi connectivity index (χ1n) is 21.3. The van der Waals surface area contributed by atoms with E-state index in [9.17, 15) is 22.6 Å². The fourth-order valence-electron chi connectivity index (χ4n) is 5.92. The van der Waals surface area contributed by atoms with Crippen molar-refractivity contribution in [3.05, 3.63) is 24.3 Å². The van der Waals surface area contributed by atoms with Crippen LogP contribution in [0.4, 0.5) is 0 Å². The van der Waals surface area contributed by atoms with Gasteiger partial charge in [0.05, 0.1) is 28.3 Å². The van der Waals surface area contributed by atoms with Crippen molar-refractivity contribution in [2.75, 3.05) is 41.4 Å². The van der Waals surface area contributed by atoms with E-state index in [2.05, 4.69) is 63.5 Å². The van der Waals surface area contributed by atoms with Gasteiger partial charge in [0.15, 0.2) is 6.10 Å². The largest absolute Gasteiger partial charge is 0.726 e. The summed E-state index contributed by atoms with van der Waals surface area (Å²) in [4.78, 5) is 24.9. The van der Waals surface area contributed by atoms with Gasteiger partial charge in [-0.2, -0.15) is 0 Å². The van der Waals surface area contributed by atoms with Crippen LogP contribution in [-0.2, 0) is 33.6 Å². The molecule has 1 atom stereocenters. The highest BCUT2D eigenvalue weighted by Crippen LogP contribution is 2.13. The molecule has 0 amide bonds. The Morgan fingerprint density at radius 3 is 1.23 bits per heavy atom. The van der Waals surface area contributed by atoms with Crippen molar-refractivity contribution in [2.24, 2.45) is 0 Å². The van der Waals surface area contributed by atoms with Gasteiger partial charge in [0, 0.05) is 12.8 Å². The van der Waals surface area contributed by atoms with Crippen LogP contribution in [0.2, 0.25) is 0 Å². The second kappa shape index (κ2) is 38.5. The smallest absolute Gasteiger partial charge is 0.306 e. The number of quaternary nitrogens is 1. The summed E-state index contributed by atoms with van der Waals surface area (Å²) in [7, 11) is 2.60. The standard InChI is InChI=1S/C42H80NO4.CH4O4S/c1-6-8-10-12-14-16-18-20-22-24-26-28-30-32-34-36-41(44)46-39-40(38-43(3,4)5)47-42(45)37-35-33-31-29-27-25-23-21-19-17-15-13-11-9-7-2;1-5-6(2,3)4/h20-23,40H,6-19,24-39H2,1-5H3;1H3,(H,2,3,4)/q+1;/p-1/b22-20-,23-21-;. The predicted octanol–water partition coefficient (Wildman–Crippen LogP) is 11.3. The molecule has 0 saturated carbocycles. The van der Waals surface area contributed by atoms with Gasteiger partial charge in [-0.15, -0.1) is 0 Å². The molecule has 0 N–H and O–H groups in total. The second-order valence-electron chi connectivity index (χ2n) is 15.5. The van der Waals surface area contributed by atoms with Gasteiger partial charge in [0.1, 0.15) is 13.2 Å². The first-order chi connectivity index (χ1) is 25.3.